The molecule has 4 saturated carbocycles. The Kier molecular flexibility index (Phi) is 3.25. The molecule has 0 aromatic heterocycles. The molecule has 4 aliphatic rings. The number of halogens is 1. The van der Waals surface area contributed by atoms with Crippen LogP contribution < -0.4 is 0 Å². The normalized spacial score (nSPS) is 56.5. The fraction of sp³-hybridized carbons (Fsp3) is 0.947. The van der Waals surface area contributed by atoms with Crippen molar-refractivity contribution >= 4 is 5.78 Å². The lowest BCUT2D eigenvalue weighted by atomic mass is 9.50. The largest absolute Gasteiger partial charge is 0.296 e. The highest BCUT2D eigenvalue weighted by Crippen LogP contribution is 2.61. The van der Waals surface area contributed by atoms with Gasteiger partial charge in [-0.3, -0.25) is 4.79 Å². The average molecular weight is 292 g/mol. The first-order valence-corrected chi connectivity index (χ1v) is 9.19. The van der Waals surface area contributed by atoms with Crippen LogP contribution in [-0.2, 0) is 4.79 Å². The maximum absolute atomic E-state index is 14.1. The zero-order valence-corrected chi connectivity index (χ0v) is 13.5. The van der Waals surface area contributed by atoms with E-state index in [1.807, 2.05) is 0 Å². The quantitative estimate of drug-likeness (QED) is 0.627. The van der Waals surface area contributed by atoms with Crippen LogP contribution in [0.4, 0.5) is 4.39 Å². The highest BCUT2D eigenvalue weighted by molar-refractivity contribution is 5.91. The molecule has 0 unspecified atom stereocenters. The number of Topliss-reactive ketones (excluding diaryl/α,β-unsaturated/α-hetero) is 1. The van der Waals surface area contributed by atoms with Gasteiger partial charge in [-0.15, -0.1) is 0 Å². The van der Waals surface area contributed by atoms with Gasteiger partial charge in [-0.25, -0.2) is 4.39 Å². The number of hydrogen-bond donors (Lipinski definition) is 0. The molecule has 21 heavy (non-hydrogen) atoms. The molecule has 0 heterocycles. The summed E-state index contributed by atoms with van der Waals surface area (Å²) in [6.45, 7) is 4.48. The summed E-state index contributed by atoms with van der Waals surface area (Å²) in [6, 6.07) is 0. The number of hydrogen-bond acceptors (Lipinski definition) is 1. The van der Waals surface area contributed by atoms with E-state index in [-0.39, 0.29) is 11.2 Å². The van der Waals surface area contributed by atoms with E-state index in [0.29, 0.717) is 18.3 Å². The summed E-state index contributed by atoms with van der Waals surface area (Å²) < 4.78 is 14.1. The van der Waals surface area contributed by atoms with Gasteiger partial charge in [-0.2, -0.15) is 0 Å². The highest BCUT2D eigenvalue weighted by atomic mass is 19.1. The second-order valence-corrected chi connectivity index (χ2v) is 8.88. The second kappa shape index (κ2) is 4.80. The fourth-order valence-electron chi connectivity index (χ4n) is 6.84. The first-order valence-electron chi connectivity index (χ1n) is 9.19. The molecule has 0 radical (unpaired) electrons. The minimum atomic E-state index is -1.16. The van der Waals surface area contributed by atoms with Crippen molar-refractivity contribution in [2.75, 3.05) is 0 Å². The summed E-state index contributed by atoms with van der Waals surface area (Å²) >= 11 is 0. The van der Waals surface area contributed by atoms with Crippen molar-refractivity contribution in [1.82, 2.24) is 0 Å². The Morgan fingerprint density at radius 3 is 2.57 bits per heavy atom. The zero-order valence-electron chi connectivity index (χ0n) is 13.5. The smallest absolute Gasteiger partial charge is 0.173 e. The molecule has 2 heteroatoms. The van der Waals surface area contributed by atoms with Gasteiger partial charge >= 0.3 is 0 Å². The Labute approximate surface area is 128 Å². The fourth-order valence-corrected chi connectivity index (χ4v) is 6.84. The van der Waals surface area contributed by atoms with Gasteiger partial charge in [-0.05, 0) is 80.5 Å². The summed E-state index contributed by atoms with van der Waals surface area (Å²) in [6.07, 6.45) is 8.31. The summed E-state index contributed by atoms with van der Waals surface area (Å²) in [4.78, 5) is 12.3. The molecule has 4 rings (SSSR count). The van der Waals surface area contributed by atoms with E-state index in [1.165, 1.54) is 38.5 Å². The van der Waals surface area contributed by atoms with Gasteiger partial charge in [0.05, 0.1) is 0 Å². The number of rotatable bonds is 0. The van der Waals surface area contributed by atoms with Crippen molar-refractivity contribution in [1.29, 1.82) is 0 Å². The van der Waals surface area contributed by atoms with Crippen LogP contribution in [0.5, 0.6) is 0 Å². The van der Waals surface area contributed by atoms with Crippen LogP contribution in [0.25, 0.3) is 0 Å². The molecule has 0 aliphatic heterocycles. The van der Waals surface area contributed by atoms with Crippen LogP contribution >= 0.6 is 0 Å². The Hall–Kier alpha value is -0.400. The molecular weight excluding hydrogens is 263 g/mol. The number of carbonyl (C=O) groups excluding carboxylic acids is 1. The van der Waals surface area contributed by atoms with E-state index in [9.17, 15) is 9.18 Å². The van der Waals surface area contributed by atoms with Crippen LogP contribution in [0.15, 0.2) is 0 Å². The summed E-state index contributed by atoms with van der Waals surface area (Å²) in [5.74, 6) is 4.44. The van der Waals surface area contributed by atoms with E-state index in [2.05, 4.69) is 13.8 Å². The molecule has 0 aromatic carbocycles. The second-order valence-electron chi connectivity index (χ2n) is 8.88. The molecule has 0 spiro atoms. The van der Waals surface area contributed by atoms with Crippen molar-refractivity contribution in [2.24, 2.45) is 40.9 Å². The van der Waals surface area contributed by atoms with Gasteiger partial charge in [-0.1, -0.05) is 20.3 Å². The lowest BCUT2D eigenvalue weighted by Gasteiger charge is -2.54. The van der Waals surface area contributed by atoms with Crippen molar-refractivity contribution in [3.63, 3.8) is 0 Å². The van der Waals surface area contributed by atoms with Crippen LogP contribution in [-0.4, -0.2) is 12.0 Å². The first kappa shape index (κ1) is 14.2. The zero-order chi connectivity index (χ0) is 14.8. The number of carbonyl (C=O) groups is 1. The van der Waals surface area contributed by atoms with Gasteiger partial charge in [0.25, 0.3) is 0 Å². The minimum absolute atomic E-state index is 0.0645. The van der Waals surface area contributed by atoms with Gasteiger partial charge in [0, 0.05) is 5.41 Å². The van der Waals surface area contributed by atoms with Crippen LogP contribution in [0, 0.1) is 40.9 Å². The SMILES string of the molecule is C[C@H]1CC[C@H]2[C@H](CC[C@@H]3[C@@H]2CC[C@]2(C)C(=O)[C@H](F)C[C@@H]32)C1. The monoisotopic (exact) mass is 292 g/mol. The number of ketones is 1. The Balaban J connectivity index is 1.59. The van der Waals surface area contributed by atoms with E-state index in [4.69, 9.17) is 0 Å². The number of fused-ring (bicyclic) bond motifs is 5. The van der Waals surface area contributed by atoms with E-state index >= 15 is 0 Å². The summed E-state index contributed by atoms with van der Waals surface area (Å²) in [5.41, 5.74) is -0.324. The molecule has 8 atom stereocenters. The van der Waals surface area contributed by atoms with Crippen LogP contribution in [0.3, 0.4) is 0 Å². The third-order valence-electron chi connectivity index (χ3n) is 7.91. The van der Waals surface area contributed by atoms with Crippen molar-refractivity contribution in [2.45, 2.75) is 71.4 Å². The molecule has 0 amide bonds. The molecule has 4 fully saturated rings. The molecule has 0 N–H and O–H groups in total. The van der Waals surface area contributed by atoms with E-state index < -0.39 is 6.17 Å². The Bertz CT molecular complexity index is 447. The van der Waals surface area contributed by atoms with E-state index in [0.717, 1.165) is 30.1 Å². The maximum Gasteiger partial charge on any atom is 0.173 e. The molecule has 4 aliphatic carbocycles. The van der Waals surface area contributed by atoms with Crippen molar-refractivity contribution in [3.8, 4) is 0 Å². The molecule has 0 bridgehead atoms. The molecule has 0 aromatic rings. The lowest BCUT2D eigenvalue weighted by molar-refractivity contribution is -0.135. The summed E-state index contributed by atoms with van der Waals surface area (Å²) in [7, 11) is 0. The number of alkyl halides is 1. The van der Waals surface area contributed by atoms with Gasteiger partial charge in [0.2, 0.25) is 0 Å². The van der Waals surface area contributed by atoms with Crippen LogP contribution in [0.2, 0.25) is 0 Å². The predicted octanol–water partition coefficient (Wildman–Crippen LogP) is 4.79. The third-order valence-corrected chi connectivity index (χ3v) is 7.91. The predicted molar refractivity (Wildman–Crippen MR) is 81.6 cm³/mol. The topological polar surface area (TPSA) is 17.1 Å². The van der Waals surface area contributed by atoms with Crippen LogP contribution in [0.1, 0.15) is 65.2 Å². The maximum atomic E-state index is 14.1. The summed E-state index contributed by atoms with van der Waals surface area (Å²) in [5, 5.41) is 0. The van der Waals surface area contributed by atoms with Gasteiger partial charge in [0.15, 0.2) is 12.0 Å². The highest BCUT2D eigenvalue weighted by Gasteiger charge is 2.59. The third kappa shape index (κ3) is 1.96. The lowest BCUT2D eigenvalue weighted by Crippen LogP contribution is -2.48. The standard InChI is InChI=1S/C19H29FO/c1-11-3-5-13-12(9-11)4-6-15-14(13)7-8-19(2)16(15)10-17(20)18(19)21/h11-17H,3-10H2,1-2H3/t11-,12+,13-,14+,15+,16-,17+,19-/m0/s1. The molecule has 0 saturated heterocycles. The van der Waals surface area contributed by atoms with Gasteiger partial charge in [0.1, 0.15) is 0 Å². The molecule has 118 valence electrons. The van der Waals surface area contributed by atoms with E-state index in [1.54, 1.807) is 0 Å². The minimum Gasteiger partial charge on any atom is -0.296 e. The first-order chi connectivity index (χ1) is 10.0. The average Bonchev–Trinajstić information content (AvgIpc) is 2.70. The molecule has 1 nitrogen and oxygen atoms in total. The molecular formula is C19H29FO. The van der Waals surface area contributed by atoms with Crippen molar-refractivity contribution < 1.29 is 9.18 Å². The van der Waals surface area contributed by atoms with Gasteiger partial charge < -0.3 is 0 Å². The Morgan fingerprint density at radius 2 is 1.76 bits per heavy atom. The van der Waals surface area contributed by atoms with Crippen molar-refractivity contribution in [3.05, 3.63) is 0 Å². The Morgan fingerprint density at radius 1 is 1.00 bits per heavy atom.